The Balaban J connectivity index is 2.42. The summed E-state index contributed by atoms with van der Waals surface area (Å²) in [4.78, 5) is 13.8. The van der Waals surface area contributed by atoms with Gasteiger partial charge >= 0.3 is 0 Å². The molecule has 0 spiro atoms. The van der Waals surface area contributed by atoms with Gasteiger partial charge in [-0.25, -0.2) is 4.21 Å². The third-order valence-corrected chi connectivity index (χ3v) is 6.32. The molecule has 0 radical (unpaired) electrons. The zero-order valence-corrected chi connectivity index (χ0v) is 18.9. The summed E-state index contributed by atoms with van der Waals surface area (Å²) in [6, 6.07) is 9.47. The van der Waals surface area contributed by atoms with Crippen molar-refractivity contribution < 1.29 is 13.7 Å². The van der Waals surface area contributed by atoms with Crippen molar-refractivity contribution in [3.63, 3.8) is 0 Å². The molecule has 28 heavy (non-hydrogen) atoms. The van der Waals surface area contributed by atoms with Crippen molar-refractivity contribution in [1.82, 2.24) is 0 Å². The number of benzene rings is 2. The number of hydrogen-bond donors (Lipinski definition) is 1. The minimum absolute atomic E-state index is 0.0445. The van der Waals surface area contributed by atoms with Crippen molar-refractivity contribution in [3.05, 3.63) is 47.0 Å². The first-order valence-corrected chi connectivity index (χ1v) is 10.6. The third-order valence-electron chi connectivity index (χ3n) is 4.62. The average Bonchev–Trinajstić information content (AvgIpc) is 2.59. The Hall–Kier alpha value is -2.14. The highest BCUT2D eigenvalue weighted by atomic mass is 32.2. The predicted molar refractivity (Wildman–Crippen MR) is 116 cm³/mol. The van der Waals surface area contributed by atoms with Gasteiger partial charge in [-0.15, -0.1) is 0 Å². The van der Waals surface area contributed by atoms with Gasteiger partial charge in [0.2, 0.25) is 5.91 Å². The maximum Gasteiger partial charge on any atom is 0.229 e. The van der Waals surface area contributed by atoms with Crippen LogP contribution in [0.25, 0.3) is 0 Å². The molecule has 152 valence electrons. The van der Waals surface area contributed by atoms with Gasteiger partial charge in [0.15, 0.2) is 0 Å². The summed E-state index contributed by atoms with van der Waals surface area (Å²) in [6.07, 6.45) is 0. The summed E-state index contributed by atoms with van der Waals surface area (Å²) in [6.45, 7) is 13.7. The zero-order chi connectivity index (χ0) is 21.2. The zero-order valence-electron chi connectivity index (χ0n) is 18.1. The summed E-state index contributed by atoms with van der Waals surface area (Å²) < 4.78 is 18.8. The molecule has 0 aliphatic heterocycles. The van der Waals surface area contributed by atoms with E-state index in [9.17, 15) is 9.00 Å². The molecule has 1 atom stereocenters. The Labute approximate surface area is 171 Å². The van der Waals surface area contributed by atoms with Crippen LogP contribution in [0, 0.1) is 19.3 Å². The predicted octanol–water partition coefficient (Wildman–Crippen LogP) is 5.59. The highest BCUT2D eigenvalue weighted by Gasteiger charge is 2.22. The highest BCUT2D eigenvalue weighted by Crippen LogP contribution is 2.32. The van der Waals surface area contributed by atoms with Gasteiger partial charge in [-0.2, -0.15) is 0 Å². The van der Waals surface area contributed by atoms with Crippen molar-refractivity contribution in [2.45, 2.75) is 64.2 Å². The monoisotopic (exact) mass is 401 g/mol. The molecule has 0 aromatic heterocycles. The first-order chi connectivity index (χ1) is 13.0. The lowest BCUT2D eigenvalue weighted by Gasteiger charge is -2.19. The van der Waals surface area contributed by atoms with E-state index in [0.717, 1.165) is 37.9 Å². The Kier molecular flexibility index (Phi) is 6.71. The molecule has 5 heteroatoms. The molecule has 0 saturated carbocycles. The van der Waals surface area contributed by atoms with E-state index in [0.29, 0.717) is 0 Å². The van der Waals surface area contributed by atoms with Gasteiger partial charge in [-0.05, 0) is 66.8 Å². The maximum absolute atomic E-state index is 13.3. The number of rotatable bonds is 5. The van der Waals surface area contributed by atoms with Crippen LogP contribution in [0.1, 0.15) is 57.2 Å². The van der Waals surface area contributed by atoms with Crippen LogP contribution < -0.4 is 10.1 Å². The van der Waals surface area contributed by atoms with Crippen molar-refractivity contribution in [1.29, 1.82) is 0 Å². The number of aryl methyl sites for hydroxylation is 2. The first-order valence-electron chi connectivity index (χ1n) is 9.48. The number of ether oxygens (including phenoxy) is 1. The van der Waals surface area contributed by atoms with E-state index < -0.39 is 16.2 Å². The van der Waals surface area contributed by atoms with E-state index in [1.54, 1.807) is 7.11 Å². The smallest absolute Gasteiger partial charge is 0.229 e. The minimum atomic E-state index is -1.31. The van der Waals surface area contributed by atoms with Gasteiger partial charge in [0, 0.05) is 20.9 Å². The Bertz CT molecular complexity index is 888. The number of amides is 1. The van der Waals surface area contributed by atoms with E-state index in [-0.39, 0.29) is 11.8 Å². The van der Waals surface area contributed by atoms with Crippen LogP contribution in [0.4, 0.5) is 5.69 Å². The standard InChI is InChI=1S/C23H31NO3S/c1-14(2)19-13-18(9-10-20(19)27-8)28(26)21-15(3)11-17(12-16(21)4)24-22(25)23(5,6)7/h9-14H,1-8H3,(H,24,25). The van der Waals surface area contributed by atoms with E-state index in [4.69, 9.17) is 4.74 Å². The summed E-state index contributed by atoms with van der Waals surface area (Å²) in [7, 11) is 0.336. The summed E-state index contributed by atoms with van der Waals surface area (Å²) in [5.41, 5.74) is 3.08. The van der Waals surface area contributed by atoms with Gasteiger partial charge < -0.3 is 10.1 Å². The lowest BCUT2D eigenvalue weighted by Crippen LogP contribution is -2.27. The van der Waals surface area contributed by atoms with E-state index in [1.807, 2.05) is 65.0 Å². The molecule has 0 saturated heterocycles. The van der Waals surface area contributed by atoms with Crippen LogP contribution in [-0.4, -0.2) is 17.2 Å². The van der Waals surface area contributed by atoms with Gasteiger partial charge in [-0.3, -0.25) is 4.79 Å². The fourth-order valence-corrected chi connectivity index (χ4v) is 4.39. The number of carbonyl (C=O) groups is 1. The largest absolute Gasteiger partial charge is 0.496 e. The van der Waals surface area contributed by atoms with E-state index in [1.165, 1.54) is 0 Å². The number of nitrogens with one attached hydrogen (secondary N) is 1. The van der Waals surface area contributed by atoms with E-state index in [2.05, 4.69) is 19.2 Å². The molecule has 0 aliphatic carbocycles. The van der Waals surface area contributed by atoms with Gasteiger partial charge in [-0.1, -0.05) is 34.6 Å². The summed E-state index contributed by atoms with van der Waals surface area (Å²) in [5.74, 6) is 1.03. The second-order valence-electron chi connectivity index (χ2n) is 8.47. The lowest BCUT2D eigenvalue weighted by molar-refractivity contribution is -0.123. The molecule has 2 rings (SSSR count). The lowest BCUT2D eigenvalue weighted by atomic mass is 9.95. The van der Waals surface area contributed by atoms with E-state index >= 15 is 0 Å². The van der Waals surface area contributed by atoms with Gasteiger partial charge in [0.25, 0.3) is 0 Å². The van der Waals surface area contributed by atoms with Crippen LogP contribution >= 0.6 is 0 Å². The molecule has 2 aromatic carbocycles. The molecule has 1 amide bonds. The second kappa shape index (κ2) is 8.48. The number of hydrogen-bond acceptors (Lipinski definition) is 3. The van der Waals surface area contributed by atoms with Gasteiger partial charge in [0.05, 0.1) is 17.9 Å². The second-order valence-corrected chi connectivity index (χ2v) is 9.89. The minimum Gasteiger partial charge on any atom is -0.496 e. The molecule has 0 heterocycles. The van der Waals surface area contributed by atoms with Crippen LogP contribution in [0.15, 0.2) is 40.1 Å². The summed E-state index contributed by atoms with van der Waals surface area (Å²) >= 11 is 0. The molecular weight excluding hydrogens is 370 g/mol. The van der Waals surface area contributed by atoms with Crippen LogP contribution in [0.2, 0.25) is 0 Å². The fourth-order valence-electron chi connectivity index (χ4n) is 3.03. The van der Waals surface area contributed by atoms with Crippen LogP contribution in [-0.2, 0) is 15.6 Å². The molecule has 0 aliphatic rings. The Morgan fingerprint density at radius 3 is 2.11 bits per heavy atom. The van der Waals surface area contributed by atoms with Crippen LogP contribution in [0.5, 0.6) is 5.75 Å². The first kappa shape index (κ1) is 22.2. The quantitative estimate of drug-likeness (QED) is 0.711. The highest BCUT2D eigenvalue weighted by molar-refractivity contribution is 7.85. The molecule has 0 bridgehead atoms. The molecule has 0 fully saturated rings. The normalized spacial score (nSPS) is 12.8. The average molecular weight is 402 g/mol. The Morgan fingerprint density at radius 1 is 1.07 bits per heavy atom. The third kappa shape index (κ3) is 4.82. The molecule has 1 unspecified atom stereocenters. The van der Waals surface area contributed by atoms with Crippen molar-refractivity contribution in [2.75, 3.05) is 12.4 Å². The molecule has 4 nitrogen and oxygen atoms in total. The Morgan fingerprint density at radius 2 is 1.64 bits per heavy atom. The number of anilines is 1. The van der Waals surface area contributed by atoms with Crippen LogP contribution in [0.3, 0.4) is 0 Å². The van der Waals surface area contributed by atoms with Gasteiger partial charge in [0.1, 0.15) is 5.75 Å². The molecular formula is C23H31NO3S. The molecule has 1 N–H and O–H groups in total. The van der Waals surface area contributed by atoms with Crippen molar-refractivity contribution in [3.8, 4) is 5.75 Å². The number of carbonyl (C=O) groups excluding carboxylic acids is 1. The maximum atomic E-state index is 13.3. The number of methoxy groups -OCH3 is 1. The SMILES string of the molecule is COc1ccc(S(=O)c2c(C)cc(NC(=O)C(C)(C)C)cc2C)cc1C(C)C. The topological polar surface area (TPSA) is 55.4 Å². The molecule has 2 aromatic rings. The van der Waals surface area contributed by atoms with Crippen molar-refractivity contribution in [2.24, 2.45) is 5.41 Å². The summed E-state index contributed by atoms with van der Waals surface area (Å²) in [5, 5.41) is 2.95. The van der Waals surface area contributed by atoms with Crippen molar-refractivity contribution >= 4 is 22.4 Å². The fraction of sp³-hybridized carbons (Fsp3) is 0.435.